The molecule has 0 aliphatic carbocycles. The fraction of sp³-hybridized carbons (Fsp3) is 0.333. The first-order chi connectivity index (χ1) is 11.8. The Labute approximate surface area is 144 Å². The summed E-state index contributed by atoms with van der Waals surface area (Å²) in [6, 6.07) is 21.2. The van der Waals surface area contributed by atoms with Crippen molar-refractivity contribution in [2.24, 2.45) is 0 Å². The second kappa shape index (κ2) is 8.13. The van der Waals surface area contributed by atoms with Crippen LogP contribution in [0.2, 0.25) is 0 Å². The molecule has 0 amide bonds. The van der Waals surface area contributed by atoms with E-state index in [-0.39, 0.29) is 12.6 Å². The van der Waals surface area contributed by atoms with Crippen molar-refractivity contribution < 1.29 is 5.11 Å². The van der Waals surface area contributed by atoms with Crippen LogP contribution in [0.1, 0.15) is 18.1 Å². The maximum absolute atomic E-state index is 9.94. The van der Waals surface area contributed by atoms with Crippen molar-refractivity contribution in [1.29, 1.82) is 0 Å². The summed E-state index contributed by atoms with van der Waals surface area (Å²) in [7, 11) is 0. The van der Waals surface area contributed by atoms with E-state index in [9.17, 15) is 5.11 Å². The molecule has 2 aromatic rings. The van der Waals surface area contributed by atoms with E-state index in [1.54, 1.807) is 0 Å². The van der Waals surface area contributed by atoms with Gasteiger partial charge in [0, 0.05) is 31.9 Å². The molecule has 2 aromatic carbocycles. The largest absolute Gasteiger partial charge is 0.394 e. The standard InChI is InChI=1S/C21H26N2O/c1-2-20-15-22(13-18-9-5-3-6-10-18)16-21(17-24)23(20)14-19-11-7-4-8-12-19/h2-12,21,24H,13-17H2,1H3/b20-2+. The van der Waals surface area contributed by atoms with E-state index in [4.69, 9.17) is 0 Å². The van der Waals surface area contributed by atoms with E-state index in [2.05, 4.69) is 77.4 Å². The zero-order valence-corrected chi connectivity index (χ0v) is 14.3. The second-order valence-corrected chi connectivity index (χ2v) is 6.39. The van der Waals surface area contributed by atoms with Crippen LogP contribution in [0, 0.1) is 0 Å². The summed E-state index contributed by atoms with van der Waals surface area (Å²) in [5.74, 6) is 0. The van der Waals surface area contributed by atoms with E-state index in [1.165, 1.54) is 16.8 Å². The van der Waals surface area contributed by atoms with Crippen LogP contribution in [0.3, 0.4) is 0 Å². The lowest BCUT2D eigenvalue weighted by Gasteiger charge is -2.44. The third-order valence-electron chi connectivity index (χ3n) is 4.65. The molecule has 0 radical (unpaired) electrons. The minimum Gasteiger partial charge on any atom is -0.394 e. The molecular formula is C21H26N2O. The number of benzene rings is 2. The van der Waals surface area contributed by atoms with Crippen LogP contribution in [-0.2, 0) is 13.1 Å². The van der Waals surface area contributed by atoms with Crippen LogP contribution >= 0.6 is 0 Å². The fourth-order valence-electron chi connectivity index (χ4n) is 3.40. The molecule has 1 aliphatic rings. The Bertz CT molecular complexity index is 654. The number of aliphatic hydroxyl groups is 1. The predicted molar refractivity (Wildman–Crippen MR) is 98.3 cm³/mol. The summed E-state index contributed by atoms with van der Waals surface area (Å²) in [5, 5.41) is 9.94. The molecule has 1 N–H and O–H groups in total. The molecule has 1 saturated heterocycles. The number of allylic oxidation sites excluding steroid dienone is 1. The van der Waals surface area contributed by atoms with Crippen molar-refractivity contribution in [1.82, 2.24) is 9.80 Å². The van der Waals surface area contributed by atoms with Crippen molar-refractivity contribution in [2.75, 3.05) is 19.7 Å². The lowest BCUT2D eigenvalue weighted by atomic mass is 10.1. The van der Waals surface area contributed by atoms with Crippen LogP contribution < -0.4 is 0 Å². The molecule has 0 saturated carbocycles. The quantitative estimate of drug-likeness (QED) is 0.915. The lowest BCUT2D eigenvalue weighted by molar-refractivity contribution is 0.0643. The van der Waals surface area contributed by atoms with Crippen molar-refractivity contribution in [3.63, 3.8) is 0 Å². The summed E-state index contributed by atoms with van der Waals surface area (Å²) in [6.07, 6.45) is 2.18. The molecule has 1 heterocycles. The fourth-order valence-corrected chi connectivity index (χ4v) is 3.40. The number of hydrogen-bond donors (Lipinski definition) is 1. The monoisotopic (exact) mass is 322 g/mol. The average molecular weight is 322 g/mol. The maximum Gasteiger partial charge on any atom is 0.0649 e. The van der Waals surface area contributed by atoms with Crippen molar-refractivity contribution in [2.45, 2.75) is 26.1 Å². The highest BCUT2D eigenvalue weighted by atomic mass is 16.3. The van der Waals surface area contributed by atoms with Crippen LogP contribution in [-0.4, -0.2) is 40.6 Å². The Morgan fingerprint density at radius 3 is 2.08 bits per heavy atom. The first kappa shape index (κ1) is 16.7. The van der Waals surface area contributed by atoms with Crippen molar-refractivity contribution in [3.05, 3.63) is 83.6 Å². The minimum atomic E-state index is 0.133. The van der Waals surface area contributed by atoms with Crippen molar-refractivity contribution >= 4 is 0 Å². The number of piperazine rings is 1. The van der Waals surface area contributed by atoms with Crippen LogP contribution in [0.15, 0.2) is 72.4 Å². The van der Waals surface area contributed by atoms with Gasteiger partial charge in [-0.3, -0.25) is 4.90 Å². The zero-order chi connectivity index (χ0) is 16.8. The Balaban J connectivity index is 1.73. The smallest absolute Gasteiger partial charge is 0.0649 e. The Hall–Kier alpha value is -2.10. The molecule has 1 fully saturated rings. The Kier molecular flexibility index (Phi) is 5.68. The highest BCUT2D eigenvalue weighted by Crippen LogP contribution is 2.23. The van der Waals surface area contributed by atoms with Gasteiger partial charge in [0.05, 0.1) is 12.6 Å². The van der Waals surface area contributed by atoms with Gasteiger partial charge >= 0.3 is 0 Å². The Morgan fingerprint density at radius 2 is 1.54 bits per heavy atom. The molecule has 3 heteroatoms. The molecule has 0 spiro atoms. The molecule has 1 aliphatic heterocycles. The topological polar surface area (TPSA) is 26.7 Å². The highest BCUT2D eigenvalue weighted by Gasteiger charge is 2.29. The van der Waals surface area contributed by atoms with Gasteiger partial charge in [0.15, 0.2) is 0 Å². The molecule has 3 nitrogen and oxygen atoms in total. The van der Waals surface area contributed by atoms with Gasteiger partial charge < -0.3 is 10.0 Å². The van der Waals surface area contributed by atoms with Gasteiger partial charge in [0.2, 0.25) is 0 Å². The highest BCUT2D eigenvalue weighted by molar-refractivity contribution is 5.19. The summed E-state index contributed by atoms with van der Waals surface area (Å²) in [5.41, 5.74) is 3.90. The number of aliphatic hydroxyl groups excluding tert-OH is 1. The van der Waals surface area contributed by atoms with Gasteiger partial charge in [-0.15, -0.1) is 0 Å². The molecule has 24 heavy (non-hydrogen) atoms. The summed E-state index contributed by atoms with van der Waals surface area (Å²) in [4.78, 5) is 4.78. The molecule has 1 unspecified atom stereocenters. The molecule has 0 aromatic heterocycles. The van der Waals surface area contributed by atoms with Gasteiger partial charge in [-0.1, -0.05) is 66.7 Å². The molecule has 0 bridgehead atoms. The molecule has 126 valence electrons. The lowest BCUT2D eigenvalue weighted by Crippen LogP contribution is -2.52. The van der Waals surface area contributed by atoms with Gasteiger partial charge in [-0.2, -0.15) is 0 Å². The summed E-state index contributed by atoms with van der Waals surface area (Å²) >= 11 is 0. The second-order valence-electron chi connectivity index (χ2n) is 6.39. The van der Waals surface area contributed by atoms with E-state index in [1.807, 2.05) is 6.07 Å². The van der Waals surface area contributed by atoms with E-state index >= 15 is 0 Å². The Morgan fingerprint density at radius 1 is 0.958 bits per heavy atom. The normalized spacial score (nSPS) is 20.5. The van der Waals surface area contributed by atoms with Gasteiger partial charge in [-0.05, 0) is 18.1 Å². The van der Waals surface area contributed by atoms with Gasteiger partial charge in [0.1, 0.15) is 0 Å². The zero-order valence-electron chi connectivity index (χ0n) is 14.3. The molecule has 1 atom stereocenters. The van der Waals surface area contributed by atoms with Gasteiger partial charge in [-0.25, -0.2) is 0 Å². The van der Waals surface area contributed by atoms with Crippen LogP contribution in [0.25, 0.3) is 0 Å². The van der Waals surface area contributed by atoms with Crippen LogP contribution in [0.5, 0.6) is 0 Å². The molecular weight excluding hydrogens is 296 g/mol. The summed E-state index contributed by atoms with van der Waals surface area (Å²) < 4.78 is 0. The van der Waals surface area contributed by atoms with Crippen LogP contribution in [0.4, 0.5) is 0 Å². The maximum atomic E-state index is 9.94. The number of nitrogens with zero attached hydrogens (tertiary/aromatic N) is 2. The van der Waals surface area contributed by atoms with E-state index in [0.717, 1.165) is 26.2 Å². The SMILES string of the molecule is C/C=C1\CN(Cc2ccccc2)CC(CO)N1Cc1ccccc1. The van der Waals surface area contributed by atoms with Crippen molar-refractivity contribution in [3.8, 4) is 0 Å². The minimum absolute atomic E-state index is 0.133. The third kappa shape index (κ3) is 4.05. The first-order valence-corrected chi connectivity index (χ1v) is 8.63. The first-order valence-electron chi connectivity index (χ1n) is 8.63. The van der Waals surface area contributed by atoms with E-state index < -0.39 is 0 Å². The number of hydrogen-bond acceptors (Lipinski definition) is 3. The molecule has 3 rings (SSSR count). The summed E-state index contributed by atoms with van der Waals surface area (Å²) in [6.45, 7) is 5.85. The third-order valence-corrected chi connectivity index (χ3v) is 4.65. The predicted octanol–water partition coefficient (Wildman–Crippen LogP) is 3.27. The average Bonchev–Trinajstić information content (AvgIpc) is 2.64. The van der Waals surface area contributed by atoms with Gasteiger partial charge in [0.25, 0.3) is 0 Å². The van der Waals surface area contributed by atoms with E-state index in [0.29, 0.717) is 0 Å². The number of rotatable bonds is 5.